The fourth-order valence-corrected chi connectivity index (χ4v) is 6.79. The molecule has 3 heterocycles. The van der Waals surface area contributed by atoms with Crippen molar-refractivity contribution in [1.82, 2.24) is 23.7 Å². The van der Waals surface area contributed by atoms with Crippen LogP contribution in [-0.4, -0.2) is 37.9 Å². The first-order valence-corrected chi connectivity index (χ1v) is 14.8. The smallest absolute Gasteiger partial charge is 0.268 e. The van der Waals surface area contributed by atoms with Gasteiger partial charge in [-0.15, -0.1) is 0 Å². The predicted molar refractivity (Wildman–Crippen MR) is 153 cm³/mol. The Morgan fingerprint density at radius 2 is 1.98 bits per heavy atom. The monoisotopic (exact) mass is 622 g/mol. The number of imidazole rings is 1. The highest BCUT2D eigenvalue weighted by molar-refractivity contribution is 9.10. The number of aromatic amines is 1. The maximum absolute atomic E-state index is 14.6. The van der Waals surface area contributed by atoms with Gasteiger partial charge < -0.3 is 10.7 Å². The van der Waals surface area contributed by atoms with Gasteiger partial charge in [-0.05, 0) is 59.6 Å². The van der Waals surface area contributed by atoms with Crippen molar-refractivity contribution in [2.45, 2.75) is 37.6 Å². The maximum atomic E-state index is 14.6. The Hall–Kier alpha value is -4.03. The average Bonchev–Trinajstić information content (AvgIpc) is 3.63. The molecule has 1 atom stereocenters. The first-order valence-electron chi connectivity index (χ1n) is 12.6. The second-order valence-corrected chi connectivity index (χ2v) is 12.3. The van der Waals surface area contributed by atoms with E-state index in [9.17, 15) is 17.6 Å². The number of anilines is 1. The van der Waals surface area contributed by atoms with Gasteiger partial charge in [-0.1, -0.05) is 30.7 Å². The lowest BCUT2D eigenvalue weighted by atomic mass is 10.1. The van der Waals surface area contributed by atoms with Crippen molar-refractivity contribution >= 4 is 60.6 Å². The second-order valence-electron chi connectivity index (χ2n) is 9.66. The Bertz CT molecular complexity index is 2060. The number of H-pyrrole nitrogens is 1. The fraction of sp³-hybridized carbons (Fsp3) is 0.179. The van der Waals surface area contributed by atoms with E-state index < -0.39 is 21.6 Å². The van der Waals surface area contributed by atoms with E-state index in [4.69, 9.17) is 5.73 Å². The number of nitrogens with two attached hydrogens (primary N) is 1. The molecule has 40 heavy (non-hydrogen) atoms. The lowest BCUT2D eigenvalue weighted by molar-refractivity contribution is 0.103. The molecule has 0 saturated heterocycles. The molecule has 5 aromatic rings. The Balaban J connectivity index is 1.48. The van der Waals surface area contributed by atoms with Gasteiger partial charge in [0, 0.05) is 17.9 Å². The molecule has 1 aliphatic rings. The van der Waals surface area contributed by atoms with E-state index in [1.165, 1.54) is 35.1 Å². The third-order valence-electron chi connectivity index (χ3n) is 7.04. The van der Waals surface area contributed by atoms with Crippen molar-refractivity contribution in [2.75, 3.05) is 5.73 Å². The molecule has 0 saturated carbocycles. The van der Waals surface area contributed by atoms with Gasteiger partial charge in [0.15, 0.2) is 0 Å². The number of nitrogen functional groups attached to an aromatic ring is 1. The zero-order valence-electron chi connectivity index (χ0n) is 21.5. The van der Waals surface area contributed by atoms with E-state index in [-0.39, 0.29) is 38.0 Å². The normalized spacial score (nSPS) is 15.1. The van der Waals surface area contributed by atoms with Gasteiger partial charge in [-0.3, -0.25) is 4.79 Å². The molecule has 1 unspecified atom stereocenters. The highest BCUT2D eigenvalue weighted by Gasteiger charge is 2.30. The zero-order chi connectivity index (χ0) is 28.3. The quantitative estimate of drug-likeness (QED) is 0.279. The summed E-state index contributed by atoms with van der Waals surface area (Å²) >= 11 is 3.15. The van der Waals surface area contributed by atoms with Crippen LogP contribution in [0, 0.1) is 12.7 Å². The molecule has 0 amide bonds. The average molecular weight is 624 g/mol. The van der Waals surface area contributed by atoms with Gasteiger partial charge >= 0.3 is 0 Å². The summed E-state index contributed by atoms with van der Waals surface area (Å²) in [6, 6.07) is 9.89. The molecule has 0 fully saturated rings. The molecule has 12 heteroatoms. The van der Waals surface area contributed by atoms with Crippen LogP contribution < -0.4 is 16.4 Å². The Kier molecular flexibility index (Phi) is 6.26. The number of rotatable bonds is 6. The number of benzene rings is 2. The van der Waals surface area contributed by atoms with Crippen LogP contribution >= 0.6 is 15.9 Å². The molecule has 0 bridgehead atoms. The summed E-state index contributed by atoms with van der Waals surface area (Å²) in [5.74, 6) is -0.356. The number of hydrogen-bond acceptors (Lipinski definition) is 6. The van der Waals surface area contributed by atoms with Crippen LogP contribution in [0.25, 0.3) is 23.1 Å². The molecule has 6 rings (SSSR count). The van der Waals surface area contributed by atoms with Crippen molar-refractivity contribution in [3.05, 3.63) is 92.3 Å². The summed E-state index contributed by atoms with van der Waals surface area (Å²) in [6.45, 7) is 3.84. The highest BCUT2D eigenvalue weighted by Crippen LogP contribution is 2.32. The molecular weight excluding hydrogens is 599 g/mol. The van der Waals surface area contributed by atoms with E-state index in [0.717, 1.165) is 38.5 Å². The second kappa shape index (κ2) is 9.56. The largest absolute Gasteiger partial charge is 0.383 e. The molecule has 0 radical (unpaired) electrons. The number of nitrogens with one attached hydrogen (secondary N) is 1. The summed E-state index contributed by atoms with van der Waals surface area (Å²) in [5.41, 5.74) is 7.20. The third kappa shape index (κ3) is 4.18. The van der Waals surface area contributed by atoms with Gasteiger partial charge in [0.05, 0.1) is 43.4 Å². The van der Waals surface area contributed by atoms with Crippen LogP contribution in [-0.2, 0) is 16.4 Å². The number of carbonyl (C=O) groups is 1. The summed E-state index contributed by atoms with van der Waals surface area (Å²) in [6.07, 6.45) is 6.62. The lowest BCUT2D eigenvalue weighted by Crippen LogP contribution is -2.30. The standard InChI is InChI=1S/C28H24BrFN6O3S/c1-3-26-33-22-9-6-17(12-23(22)34-26)35-28(31)19(14-32-35)27(37)25-11-16-10-20(29)21(30)13-24(16)36(25)40(38,39)18-7-4-15(2)5-8-18/h4-5,7-14,17H,3,6,31H2,1-2H3,(H,33,34). The number of nitrogens with zero attached hydrogens (tertiary/aromatic N) is 4. The van der Waals surface area contributed by atoms with Crippen LogP contribution in [0.5, 0.6) is 0 Å². The summed E-state index contributed by atoms with van der Waals surface area (Å²) in [4.78, 5) is 21.7. The minimum absolute atomic E-state index is 0.0311. The van der Waals surface area contributed by atoms with Crippen molar-refractivity contribution in [2.24, 2.45) is 0 Å². The number of halogens is 2. The number of aryl methyl sites for hydroxylation is 2. The van der Waals surface area contributed by atoms with Gasteiger partial charge in [0.1, 0.15) is 23.2 Å². The molecule has 1 aliphatic carbocycles. The van der Waals surface area contributed by atoms with Crippen molar-refractivity contribution in [3.8, 4) is 0 Å². The van der Waals surface area contributed by atoms with Crippen LogP contribution in [0.1, 0.15) is 46.8 Å². The zero-order valence-corrected chi connectivity index (χ0v) is 23.9. The Labute approximate surface area is 237 Å². The van der Waals surface area contributed by atoms with Gasteiger partial charge in [0.2, 0.25) is 5.78 Å². The number of fused-ring (bicyclic) bond motifs is 2. The summed E-state index contributed by atoms with van der Waals surface area (Å²) in [7, 11) is -4.29. The first-order chi connectivity index (χ1) is 19.1. The number of carbonyl (C=O) groups excluding carboxylic acids is 1. The molecule has 0 spiro atoms. The van der Waals surface area contributed by atoms with Crippen LogP contribution in [0.15, 0.2) is 58.0 Å². The third-order valence-corrected chi connectivity index (χ3v) is 9.39. The van der Waals surface area contributed by atoms with E-state index in [2.05, 4.69) is 31.0 Å². The highest BCUT2D eigenvalue weighted by atomic mass is 79.9. The van der Waals surface area contributed by atoms with Gasteiger partial charge in [-0.2, -0.15) is 5.10 Å². The maximum Gasteiger partial charge on any atom is 0.268 e. The SMILES string of the molecule is CCc1nc2c([nH]1)=CCC(n1ncc(C(=O)c3cc4cc(Br)c(F)cc4n3S(=O)(=O)c3ccc(C)cc3)c1N)C=2. The van der Waals surface area contributed by atoms with E-state index in [1.807, 2.05) is 26.0 Å². The molecule has 9 nitrogen and oxygen atoms in total. The van der Waals surface area contributed by atoms with Gasteiger partial charge in [-0.25, -0.2) is 26.4 Å². The summed E-state index contributed by atoms with van der Waals surface area (Å²) < 4.78 is 44.9. The van der Waals surface area contributed by atoms with Crippen molar-refractivity contribution in [1.29, 1.82) is 0 Å². The minimum atomic E-state index is -4.29. The molecular formula is C28H24BrFN6O3S. The van der Waals surface area contributed by atoms with Crippen LogP contribution in [0.2, 0.25) is 0 Å². The fourth-order valence-electron chi connectivity index (χ4n) is 4.92. The molecule has 3 aromatic heterocycles. The molecule has 204 valence electrons. The number of ketones is 1. The van der Waals surface area contributed by atoms with E-state index in [1.54, 1.807) is 12.1 Å². The molecule has 2 aromatic carbocycles. The van der Waals surface area contributed by atoms with E-state index >= 15 is 0 Å². The Morgan fingerprint density at radius 1 is 1.23 bits per heavy atom. The number of aromatic nitrogens is 5. The van der Waals surface area contributed by atoms with Crippen LogP contribution in [0.3, 0.4) is 0 Å². The lowest BCUT2D eigenvalue weighted by Gasteiger charge is -2.15. The number of hydrogen-bond donors (Lipinski definition) is 2. The van der Waals surface area contributed by atoms with Crippen molar-refractivity contribution < 1.29 is 17.6 Å². The van der Waals surface area contributed by atoms with Gasteiger partial charge in [0.25, 0.3) is 10.0 Å². The molecule has 3 N–H and O–H groups in total. The van der Waals surface area contributed by atoms with Crippen molar-refractivity contribution in [3.63, 3.8) is 0 Å². The minimum Gasteiger partial charge on any atom is -0.383 e. The predicted octanol–water partition coefficient (Wildman–Crippen LogP) is 3.59. The Morgan fingerprint density at radius 3 is 2.70 bits per heavy atom. The topological polar surface area (TPSA) is 129 Å². The first kappa shape index (κ1) is 26.2. The van der Waals surface area contributed by atoms with E-state index in [0.29, 0.717) is 11.8 Å². The molecule has 0 aliphatic heterocycles. The summed E-state index contributed by atoms with van der Waals surface area (Å²) in [5, 5.41) is 6.46. The van der Waals surface area contributed by atoms with Crippen LogP contribution in [0.4, 0.5) is 10.2 Å².